The molecule has 1 saturated carbocycles. The zero-order chi connectivity index (χ0) is 19.9. The highest BCUT2D eigenvalue weighted by molar-refractivity contribution is 5.96. The van der Waals surface area contributed by atoms with Crippen LogP contribution in [0.1, 0.15) is 45.3 Å². The first-order valence-corrected chi connectivity index (χ1v) is 8.36. The molecule has 2 aromatic rings. The Kier molecular flexibility index (Phi) is 5.00. The Hall–Kier alpha value is -2.39. The minimum Gasteiger partial charge on any atom is -0.390 e. The van der Waals surface area contributed by atoms with Crippen molar-refractivity contribution in [2.75, 3.05) is 0 Å². The summed E-state index contributed by atoms with van der Waals surface area (Å²) in [5.41, 5.74) is 0.309. The summed E-state index contributed by atoms with van der Waals surface area (Å²) in [6, 6.07) is 3.62. The van der Waals surface area contributed by atoms with Crippen LogP contribution < -0.4 is 5.32 Å². The van der Waals surface area contributed by atoms with Gasteiger partial charge in [0, 0.05) is 5.92 Å². The molecule has 1 heterocycles. The molecule has 9 heteroatoms. The van der Waals surface area contributed by atoms with Crippen LogP contribution in [0.2, 0.25) is 0 Å². The van der Waals surface area contributed by atoms with Crippen LogP contribution in [-0.2, 0) is 6.18 Å². The van der Waals surface area contributed by atoms with Gasteiger partial charge in [0.25, 0.3) is 5.91 Å². The fraction of sp³-hybridized carbons (Fsp3) is 0.444. The molecule has 0 spiro atoms. The smallest absolute Gasteiger partial charge is 0.390 e. The summed E-state index contributed by atoms with van der Waals surface area (Å²) in [6.07, 6.45) is -6.70. The number of carbonyl (C=O) groups excluding carboxylic acids is 1. The van der Waals surface area contributed by atoms with Crippen LogP contribution in [0.4, 0.5) is 13.2 Å². The zero-order valence-corrected chi connectivity index (χ0v) is 14.6. The van der Waals surface area contributed by atoms with Crippen molar-refractivity contribution in [1.29, 1.82) is 0 Å². The number of benzene rings is 1. The molecule has 3 N–H and O–H groups in total. The number of carbonyl (C=O) groups is 1. The quantitative estimate of drug-likeness (QED) is 0.755. The number of hydrogen-bond donors (Lipinski definition) is 3. The molecule has 27 heavy (non-hydrogen) atoms. The molecule has 0 saturated heterocycles. The highest BCUT2D eigenvalue weighted by Crippen LogP contribution is 2.37. The van der Waals surface area contributed by atoms with Crippen molar-refractivity contribution in [1.82, 2.24) is 10.5 Å². The lowest BCUT2D eigenvalue weighted by molar-refractivity contribution is -0.137. The summed E-state index contributed by atoms with van der Waals surface area (Å²) in [5.74, 6) is -0.757. The summed E-state index contributed by atoms with van der Waals surface area (Å²) >= 11 is 0. The third-order valence-electron chi connectivity index (χ3n) is 4.92. The minimum absolute atomic E-state index is 0.110. The summed E-state index contributed by atoms with van der Waals surface area (Å²) in [5, 5.41) is 26.7. The van der Waals surface area contributed by atoms with Gasteiger partial charge in [-0.3, -0.25) is 4.79 Å². The second-order valence-corrected chi connectivity index (χ2v) is 6.72. The minimum atomic E-state index is -4.45. The lowest BCUT2D eigenvalue weighted by Gasteiger charge is -2.24. The van der Waals surface area contributed by atoms with E-state index in [1.807, 2.05) is 0 Å². The number of alkyl halides is 3. The van der Waals surface area contributed by atoms with Crippen LogP contribution in [0.25, 0.3) is 0 Å². The Morgan fingerprint density at radius 2 is 1.85 bits per heavy atom. The van der Waals surface area contributed by atoms with Gasteiger partial charge in [0.05, 0.1) is 23.4 Å². The van der Waals surface area contributed by atoms with Crippen LogP contribution in [0, 0.1) is 13.8 Å². The largest absolute Gasteiger partial charge is 0.416 e. The molecule has 1 aromatic carbocycles. The molecular weight excluding hydrogens is 365 g/mol. The van der Waals surface area contributed by atoms with E-state index >= 15 is 0 Å². The Morgan fingerprint density at radius 1 is 1.22 bits per heavy atom. The SMILES string of the molecule is Cc1noc(C)c1C(=O)N[C@H]1[C@H](O)[C@H](O)C[C@@H]1c1ccc(C(F)(F)F)cc1. The third-order valence-corrected chi connectivity index (χ3v) is 4.92. The number of nitrogens with zero attached hydrogens (tertiary/aromatic N) is 1. The number of amides is 1. The number of halogens is 3. The van der Waals surface area contributed by atoms with E-state index in [0.717, 1.165) is 12.1 Å². The van der Waals surface area contributed by atoms with Crippen molar-refractivity contribution < 1.29 is 32.7 Å². The number of nitrogens with one attached hydrogen (secondary N) is 1. The highest BCUT2D eigenvalue weighted by atomic mass is 19.4. The first-order chi connectivity index (χ1) is 12.6. The standard InChI is InChI=1S/C18H19F3N2O4/c1-8-14(9(2)27-23-8)17(26)22-15-12(7-13(24)16(15)25)10-3-5-11(6-4-10)18(19,20)21/h3-6,12-13,15-16,24-25H,7H2,1-2H3,(H,22,26)/t12-,13-,15-,16-/m1/s1. The Balaban J connectivity index is 1.85. The van der Waals surface area contributed by atoms with E-state index in [9.17, 15) is 28.2 Å². The molecule has 1 aromatic heterocycles. The molecule has 3 rings (SSSR count). The molecule has 146 valence electrons. The topological polar surface area (TPSA) is 95.6 Å². The van der Waals surface area contributed by atoms with E-state index in [1.165, 1.54) is 12.1 Å². The van der Waals surface area contributed by atoms with Crippen LogP contribution in [0.15, 0.2) is 28.8 Å². The van der Waals surface area contributed by atoms with Crippen molar-refractivity contribution in [3.05, 3.63) is 52.4 Å². The molecule has 0 unspecified atom stereocenters. The second-order valence-electron chi connectivity index (χ2n) is 6.72. The molecule has 1 fully saturated rings. The number of aryl methyl sites for hydroxylation is 2. The van der Waals surface area contributed by atoms with Gasteiger partial charge in [-0.1, -0.05) is 17.3 Å². The van der Waals surface area contributed by atoms with Crippen molar-refractivity contribution in [3.63, 3.8) is 0 Å². The number of aromatic nitrogens is 1. The van der Waals surface area contributed by atoms with Gasteiger partial charge in [-0.25, -0.2) is 0 Å². The molecule has 4 atom stereocenters. The summed E-state index contributed by atoms with van der Waals surface area (Å²) in [7, 11) is 0. The molecule has 1 amide bonds. The van der Waals surface area contributed by atoms with Crippen molar-refractivity contribution >= 4 is 5.91 Å². The van der Waals surface area contributed by atoms with Gasteiger partial charge >= 0.3 is 6.18 Å². The Labute approximate surface area is 153 Å². The predicted molar refractivity (Wildman–Crippen MR) is 88.0 cm³/mol. The molecule has 0 aliphatic heterocycles. The molecular formula is C18H19F3N2O4. The summed E-state index contributed by atoms with van der Waals surface area (Å²) < 4.78 is 43.2. The van der Waals surface area contributed by atoms with Crippen molar-refractivity contribution in [2.24, 2.45) is 0 Å². The van der Waals surface area contributed by atoms with Gasteiger partial charge < -0.3 is 20.1 Å². The maximum atomic E-state index is 12.8. The van der Waals surface area contributed by atoms with Crippen LogP contribution in [-0.4, -0.2) is 39.5 Å². The zero-order valence-electron chi connectivity index (χ0n) is 14.6. The molecule has 1 aliphatic rings. The monoisotopic (exact) mass is 384 g/mol. The van der Waals surface area contributed by atoms with E-state index < -0.39 is 41.8 Å². The molecule has 0 radical (unpaired) electrons. The lowest BCUT2D eigenvalue weighted by atomic mass is 9.92. The average Bonchev–Trinajstić information content (AvgIpc) is 3.07. The first kappa shape index (κ1) is 19.4. The normalized spacial score (nSPS) is 25.6. The Morgan fingerprint density at radius 3 is 2.37 bits per heavy atom. The van der Waals surface area contributed by atoms with Crippen LogP contribution in [0.3, 0.4) is 0 Å². The van der Waals surface area contributed by atoms with Gasteiger partial charge in [-0.05, 0) is 38.0 Å². The van der Waals surface area contributed by atoms with Gasteiger partial charge in [-0.2, -0.15) is 13.2 Å². The fourth-order valence-electron chi connectivity index (χ4n) is 3.50. The van der Waals surface area contributed by atoms with E-state index in [0.29, 0.717) is 17.0 Å². The summed E-state index contributed by atoms with van der Waals surface area (Å²) in [6.45, 7) is 3.17. The summed E-state index contributed by atoms with van der Waals surface area (Å²) in [4.78, 5) is 12.6. The molecule has 6 nitrogen and oxygen atoms in total. The van der Waals surface area contributed by atoms with E-state index in [4.69, 9.17) is 4.52 Å². The van der Waals surface area contributed by atoms with E-state index in [-0.39, 0.29) is 12.0 Å². The molecule has 1 aliphatic carbocycles. The number of aliphatic hydroxyl groups excluding tert-OH is 2. The Bertz CT molecular complexity index is 813. The predicted octanol–water partition coefficient (Wildman–Crippen LogP) is 2.32. The number of hydrogen-bond acceptors (Lipinski definition) is 5. The first-order valence-electron chi connectivity index (χ1n) is 8.36. The lowest BCUT2D eigenvalue weighted by Crippen LogP contribution is -2.45. The average molecular weight is 384 g/mol. The van der Waals surface area contributed by atoms with E-state index in [1.54, 1.807) is 13.8 Å². The van der Waals surface area contributed by atoms with Crippen LogP contribution >= 0.6 is 0 Å². The second kappa shape index (κ2) is 6.97. The van der Waals surface area contributed by atoms with Crippen LogP contribution in [0.5, 0.6) is 0 Å². The van der Waals surface area contributed by atoms with Gasteiger partial charge in [-0.15, -0.1) is 0 Å². The van der Waals surface area contributed by atoms with E-state index in [2.05, 4.69) is 10.5 Å². The maximum absolute atomic E-state index is 12.8. The number of aliphatic hydroxyl groups is 2. The highest BCUT2D eigenvalue weighted by Gasteiger charge is 2.44. The fourth-order valence-corrected chi connectivity index (χ4v) is 3.50. The van der Waals surface area contributed by atoms with Gasteiger partial charge in [0.1, 0.15) is 17.4 Å². The third kappa shape index (κ3) is 3.70. The molecule has 0 bridgehead atoms. The van der Waals surface area contributed by atoms with Gasteiger partial charge in [0.15, 0.2) is 0 Å². The maximum Gasteiger partial charge on any atom is 0.416 e. The van der Waals surface area contributed by atoms with Crippen molar-refractivity contribution in [3.8, 4) is 0 Å². The van der Waals surface area contributed by atoms with Gasteiger partial charge in [0.2, 0.25) is 0 Å². The van der Waals surface area contributed by atoms with Crippen molar-refractivity contribution in [2.45, 2.75) is 50.6 Å². The number of rotatable bonds is 3.